The van der Waals surface area contributed by atoms with E-state index in [-0.39, 0.29) is 17.7 Å². The lowest BCUT2D eigenvalue weighted by atomic mass is 9.73. The van der Waals surface area contributed by atoms with E-state index in [4.69, 9.17) is 11.6 Å². The Bertz CT molecular complexity index is 493. The molecule has 3 nitrogen and oxygen atoms in total. The summed E-state index contributed by atoms with van der Waals surface area (Å²) in [4.78, 5) is 12.1. The molecule has 1 amide bonds. The maximum atomic E-state index is 12.1. The summed E-state index contributed by atoms with van der Waals surface area (Å²) < 4.78 is 0. The van der Waals surface area contributed by atoms with Crippen LogP contribution in [-0.2, 0) is 0 Å². The first kappa shape index (κ1) is 14.2. The van der Waals surface area contributed by atoms with Crippen LogP contribution < -0.4 is 5.32 Å². The number of hydrogen-bond acceptors (Lipinski definition) is 2. The van der Waals surface area contributed by atoms with Gasteiger partial charge in [-0.1, -0.05) is 25.4 Å². The number of rotatable bonds is 3. The van der Waals surface area contributed by atoms with E-state index >= 15 is 0 Å². The predicted octanol–water partition coefficient (Wildman–Crippen LogP) is 3.52. The van der Waals surface area contributed by atoms with E-state index in [0.29, 0.717) is 28.0 Å². The molecule has 0 spiro atoms. The second-order valence-electron chi connectivity index (χ2n) is 5.72. The van der Waals surface area contributed by atoms with Crippen molar-refractivity contribution < 1.29 is 9.90 Å². The molecule has 2 rings (SSSR count). The molecule has 1 aromatic rings. The zero-order valence-corrected chi connectivity index (χ0v) is 12.3. The van der Waals surface area contributed by atoms with E-state index in [2.05, 4.69) is 19.2 Å². The van der Waals surface area contributed by atoms with Gasteiger partial charge in [0.2, 0.25) is 0 Å². The van der Waals surface area contributed by atoms with Crippen molar-refractivity contribution in [3.8, 4) is 5.75 Å². The minimum absolute atomic E-state index is 0.116. The van der Waals surface area contributed by atoms with Crippen molar-refractivity contribution in [2.24, 2.45) is 11.8 Å². The topological polar surface area (TPSA) is 49.3 Å². The lowest BCUT2D eigenvalue weighted by Crippen LogP contribution is -2.45. The lowest BCUT2D eigenvalue weighted by Gasteiger charge is -2.38. The quantitative estimate of drug-likeness (QED) is 0.891. The molecule has 104 valence electrons. The zero-order chi connectivity index (χ0) is 14.2. The fourth-order valence-corrected chi connectivity index (χ4v) is 2.68. The van der Waals surface area contributed by atoms with Crippen LogP contribution in [0.3, 0.4) is 0 Å². The van der Waals surface area contributed by atoms with Crippen LogP contribution in [-0.4, -0.2) is 17.1 Å². The molecule has 4 heteroatoms. The molecule has 0 bridgehead atoms. The van der Waals surface area contributed by atoms with Gasteiger partial charge in [-0.25, -0.2) is 0 Å². The number of hydrogen-bond donors (Lipinski definition) is 2. The van der Waals surface area contributed by atoms with Gasteiger partial charge in [0.1, 0.15) is 5.75 Å². The Morgan fingerprint density at radius 2 is 2.05 bits per heavy atom. The second kappa shape index (κ2) is 5.41. The molecule has 19 heavy (non-hydrogen) atoms. The first-order valence-electron chi connectivity index (χ1n) is 6.69. The molecule has 0 radical (unpaired) electrons. The molecule has 1 aliphatic rings. The Morgan fingerprint density at radius 1 is 1.42 bits per heavy atom. The highest BCUT2D eigenvalue weighted by Crippen LogP contribution is 2.34. The number of phenolic OH excluding ortho intramolecular Hbond substituents is 1. The Hall–Kier alpha value is -1.22. The number of carbonyl (C=O) groups is 1. The number of halogens is 1. The van der Waals surface area contributed by atoms with Gasteiger partial charge in [0.05, 0.1) is 10.6 Å². The van der Waals surface area contributed by atoms with Crippen LogP contribution in [0.25, 0.3) is 0 Å². The smallest absolute Gasteiger partial charge is 0.253 e. The maximum absolute atomic E-state index is 12.1. The first-order chi connectivity index (χ1) is 8.90. The van der Waals surface area contributed by atoms with Gasteiger partial charge >= 0.3 is 0 Å². The summed E-state index contributed by atoms with van der Waals surface area (Å²) in [6.07, 6.45) is 2.08. The molecule has 0 aliphatic heterocycles. The monoisotopic (exact) mass is 281 g/mol. The Morgan fingerprint density at radius 3 is 2.63 bits per heavy atom. The molecule has 2 N–H and O–H groups in total. The fraction of sp³-hybridized carbons (Fsp3) is 0.533. The average Bonchev–Trinajstić information content (AvgIpc) is 2.29. The number of aromatic hydroxyl groups is 1. The largest absolute Gasteiger partial charge is 0.508 e. The van der Waals surface area contributed by atoms with E-state index in [9.17, 15) is 9.90 Å². The Kier molecular flexibility index (Phi) is 4.04. The Balaban J connectivity index is 2.00. The second-order valence-corrected chi connectivity index (χ2v) is 6.10. The fourth-order valence-electron chi connectivity index (χ4n) is 2.44. The third-order valence-corrected chi connectivity index (χ3v) is 4.54. The molecule has 0 atom stereocenters. The number of carbonyl (C=O) groups excluding carboxylic acids is 1. The van der Waals surface area contributed by atoms with Gasteiger partial charge in [-0.05, 0) is 43.7 Å². The van der Waals surface area contributed by atoms with Crippen LogP contribution in [0.5, 0.6) is 5.75 Å². The van der Waals surface area contributed by atoms with Crippen LogP contribution >= 0.6 is 11.6 Å². The van der Waals surface area contributed by atoms with Gasteiger partial charge in [-0.15, -0.1) is 0 Å². The summed E-state index contributed by atoms with van der Waals surface area (Å²) in [6.45, 7) is 6.12. The molecular weight excluding hydrogens is 262 g/mol. The van der Waals surface area contributed by atoms with Gasteiger partial charge in [-0.2, -0.15) is 0 Å². The van der Waals surface area contributed by atoms with Gasteiger partial charge in [0.15, 0.2) is 0 Å². The molecule has 1 fully saturated rings. The van der Waals surface area contributed by atoms with E-state index in [1.54, 1.807) is 13.0 Å². The van der Waals surface area contributed by atoms with Crippen LogP contribution in [0, 0.1) is 18.8 Å². The summed E-state index contributed by atoms with van der Waals surface area (Å²) in [5, 5.41) is 12.9. The normalized spacial score (nSPS) is 22.2. The summed E-state index contributed by atoms with van der Waals surface area (Å²) >= 11 is 6.10. The number of nitrogens with one attached hydrogen (secondary N) is 1. The van der Waals surface area contributed by atoms with Gasteiger partial charge in [0, 0.05) is 11.6 Å². The van der Waals surface area contributed by atoms with E-state index < -0.39 is 0 Å². The summed E-state index contributed by atoms with van der Waals surface area (Å²) in [6, 6.07) is 3.33. The number of phenols is 1. The molecule has 0 heterocycles. The molecule has 0 saturated heterocycles. The summed E-state index contributed by atoms with van der Waals surface area (Å²) in [5.41, 5.74) is 0.980. The van der Waals surface area contributed by atoms with E-state index in [1.807, 2.05) is 0 Å². The molecular formula is C15H20ClNO2. The highest BCUT2D eigenvalue weighted by Gasteiger charge is 2.32. The van der Waals surface area contributed by atoms with E-state index in [1.165, 1.54) is 6.07 Å². The van der Waals surface area contributed by atoms with Crippen molar-refractivity contribution >= 4 is 17.5 Å². The van der Waals surface area contributed by atoms with Crippen molar-refractivity contribution in [2.45, 2.75) is 39.7 Å². The minimum atomic E-state index is -0.152. The summed E-state index contributed by atoms with van der Waals surface area (Å²) in [7, 11) is 0. The highest BCUT2D eigenvalue weighted by atomic mass is 35.5. The predicted molar refractivity (Wildman–Crippen MR) is 76.7 cm³/mol. The molecule has 1 saturated carbocycles. The number of amides is 1. The minimum Gasteiger partial charge on any atom is -0.508 e. The van der Waals surface area contributed by atoms with Crippen LogP contribution in [0.1, 0.15) is 42.6 Å². The van der Waals surface area contributed by atoms with Gasteiger partial charge in [-0.3, -0.25) is 4.79 Å². The van der Waals surface area contributed by atoms with Crippen LogP contribution in [0.15, 0.2) is 12.1 Å². The standard InChI is InChI=1S/C15H20ClNO2/c1-8(2)10-6-11(7-10)17-15(19)12-4-5-13(18)9(3)14(12)16/h4-5,8,10-11,18H,6-7H2,1-3H3,(H,17,19). The first-order valence-corrected chi connectivity index (χ1v) is 7.07. The highest BCUT2D eigenvalue weighted by molar-refractivity contribution is 6.34. The van der Waals surface area contributed by atoms with Crippen LogP contribution in [0.4, 0.5) is 0 Å². The zero-order valence-electron chi connectivity index (χ0n) is 11.5. The molecule has 1 aromatic carbocycles. The average molecular weight is 282 g/mol. The van der Waals surface area contributed by atoms with Crippen molar-refractivity contribution in [1.82, 2.24) is 5.32 Å². The molecule has 0 unspecified atom stereocenters. The SMILES string of the molecule is Cc1c(O)ccc(C(=O)NC2CC(C(C)C)C2)c1Cl. The molecule has 0 aromatic heterocycles. The molecule has 1 aliphatic carbocycles. The van der Waals surface area contributed by atoms with Crippen molar-refractivity contribution in [3.05, 3.63) is 28.3 Å². The van der Waals surface area contributed by atoms with E-state index in [0.717, 1.165) is 12.8 Å². The Labute approximate surface area is 119 Å². The van der Waals surface area contributed by atoms with Gasteiger partial charge < -0.3 is 10.4 Å². The van der Waals surface area contributed by atoms with Crippen LogP contribution in [0.2, 0.25) is 5.02 Å². The summed E-state index contributed by atoms with van der Waals surface area (Å²) in [5.74, 6) is 1.35. The van der Waals surface area contributed by atoms with Crippen molar-refractivity contribution in [3.63, 3.8) is 0 Å². The third-order valence-electron chi connectivity index (χ3n) is 4.05. The third kappa shape index (κ3) is 2.86. The lowest BCUT2D eigenvalue weighted by molar-refractivity contribution is 0.0863. The maximum Gasteiger partial charge on any atom is 0.253 e. The number of benzene rings is 1. The van der Waals surface area contributed by atoms with Crippen molar-refractivity contribution in [1.29, 1.82) is 0 Å². The van der Waals surface area contributed by atoms with Gasteiger partial charge in [0.25, 0.3) is 5.91 Å². The van der Waals surface area contributed by atoms with Crippen molar-refractivity contribution in [2.75, 3.05) is 0 Å².